The molecule has 0 atom stereocenters. The van der Waals surface area contributed by atoms with Gasteiger partial charge in [-0.1, -0.05) is 30.3 Å². The number of carbonyl (C=O) groups excluding carboxylic acids is 2. The molecule has 6 nitrogen and oxygen atoms in total. The number of fused-ring (bicyclic) bond motifs is 1. The standard InChI is InChI=1S/C22H26N2O4/c1-15(27)24-10-2-3-19-12-18(8-9-21(19)24)17-6-4-16(5-7-17)11-22(28)23-20(13-25)14-26/h4-9,12,20,25-26H,2-3,10-11,13-14H2,1H3,(H,23,28). The highest BCUT2D eigenvalue weighted by molar-refractivity contribution is 5.93. The van der Waals surface area contributed by atoms with Gasteiger partial charge >= 0.3 is 0 Å². The van der Waals surface area contributed by atoms with Gasteiger partial charge in [0.15, 0.2) is 0 Å². The molecule has 0 bridgehead atoms. The molecule has 28 heavy (non-hydrogen) atoms. The Kier molecular flexibility index (Phi) is 6.44. The molecule has 0 aromatic heterocycles. The van der Waals surface area contributed by atoms with Crippen molar-refractivity contribution in [2.45, 2.75) is 32.2 Å². The van der Waals surface area contributed by atoms with E-state index in [1.165, 1.54) is 5.56 Å². The topological polar surface area (TPSA) is 89.9 Å². The fourth-order valence-corrected chi connectivity index (χ4v) is 3.53. The molecule has 1 aliphatic rings. The lowest BCUT2D eigenvalue weighted by molar-refractivity contribution is -0.121. The summed E-state index contributed by atoms with van der Waals surface area (Å²) in [6.07, 6.45) is 2.11. The molecule has 3 rings (SSSR count). The second kappa shape index (κ2) is 8.99. The van der Waals surface area contributed by atoms with E-state index in [4.69, 9.17) is 10.2 Å². The van der Waals surface area contributed by atoms with Crippen LogP contribution in [0.4, 0.5) is 5.69 Å². The quantitative estimate of drug-likeness (QED) is 0.709. The van der Waals surface area contributed by atoms with Crippen LogP contribution >= 0.6 is 0 Å². The van der Waals surface area contributed by atoms with Crippen LogP contribution in [-0.2, 0) is 22.4 Å². The number of benzene rings is 2. The summed E-state index contributed by atoms with van der Waals surface area (Å²) in [5, 5.41) is 20.7. The van der Waals surface area contributed by atoms with Crippen LogP contribution in [0.5, 0.6) is 0 Å². The van der Waals surface area contributed by atoms with Gasteiger partial charge in [-0.2, -0.15) is 0 Å². The van der Waals surface area contributed by atoms with Crippen molar-refractivity contribution in [1.82, 2.24) is 5.32 Å². The minimum atomic E-state index is -0.628. The third-order valence-corrected chi connectivity index (χ3v) is 5.04. The predicted molar refractivity (Wildman–Crippen MR) is 108 cm³/mol. The summed E-state index contributed by atoms with van der Waals surface area (Å²) in [6.45, 7) is 1.79. The molecule has 2 amide bonds. The summed E-state index contributed by atoms with van der Waals surface area (Å²) in [5.41, 5.74) is 5.17. The smallest absolute Gasteiger partial charge is 0.224 e. The van der Waals surface area contributed by atoms with Gasteiger partial charge in [0, 0.05) is 19.2 Å². The summed E-state index contributed by atoms with van der Waals surface area (Å²) in [4.78, 5) is 25.6. The number of aliphatic hydroxyl groups is 2. The molecule has 0 saturated heterocycles. The van der Waals surface area contributed by atoms with Gasteiger partial charge in [-0.3, -0.25) is 9.59 Å². The van der Waals surface area contributed by atoms with Crippen LogP contribution in [0.1, 0.15) is 24.5 Å². The number of anilines is 1. The van der Waals surface area contributed by atoms with Crippen molar-refractivity contribution < 1.29 is 19.8 Å². The molecule has 0 saturated carbocycles. The fraction of sp³-hybridized carbons (Fsp3) is 0.364. The Hall–Kier alpha value is -2.70. The molecule has 0 unspecified atom stereocenters. The lowest BCUT2D eigenvalue weighted by atomic mass is 9.95. The summed E-state index contributed by atoms with van der Waals surface area (Å²) in [7, 11) is 0. The Morgan fingerprint density at radius 3 is 2.39 bits per heavy atom. The number of carbonyl (C=O) groups is 2. The van der Waals surface area contributed by atoms with Gasteiger partial charge in [0.05, 0.1) is 25.7 Å². The van der Waals surface area contributed by atoms with E-state index in [0.717, 1.165) is 41.8 Å². The fourth-order valence-electron chi connectivity index (χ4n) is 3.53. The first-order valence-electron chi connectivity index (χ1n) is 9.53. The number of nitrogens with one attached hydrogen (secondary N) is 1. The highest BCUT2D eigenvalue weighted by Crippen LogP contribution is 2.31. The second-order valence-corrected chi connectivity index (χ2v) is 7.12. The van der Waals surface area contributed by atoms with E-state index in [1.807, 2.05) is 41.3 Å². The van der Waals surface area contributed by atoms with Crippen molar-refractivity contribution in [3.63, 3.8) is 0 Å². The highest BCUT2D eigenvalue weighted by Gasteiger charge is 2.20. The number of aliphatic hydroxyl groups excluding tert-OH is 2. The minimum Gasteiger partial charge on any atom is -0.394 e. The monoisotopic (exact) mass is 382 g/mol. The van der Waals surface area contributed by atoms with Crippen molar-refractivity contribution in [3.8, 4) is 11.1 Å². The van der Waals surface area contributed by atoms with Gasteiger partial charge in [-0.15, -0.1) is 0 Å². The maximum atomic E-state index is 12.0. The van der Waals surface area contributed by atoms with E-state index in [9.17, 15) is 9.59 Å². The Labute approximate surface area is 164 Å². The van der Waals surface area contributed by atoms with Crippen LogP contribution in [0.25, 0.3) is 11.1 Å². The maximum absolute atomic E-state index is 12.0. The number of nitrogens with zero attached hydrogens (tertiary/aromatic N) is 1. The van der Waals surface area contributed by atoms with E-state index < -0.39 is 6.04 Å². The van der Waals surface area contributed by atoms with Crippen LogP contribution in [0, 0.1) is 0 Å². The van der Waals surface area contributed by atoms with Gasteiger partial charge in [0.1, 0.15) is 0 Å². The summed E-state index contributed by atoms with van der Waals surface area (Å²) < 4.78 is 0. The van der Waals surface area contributed by atoms with Crippen molar-refractivity contribution in [2.75, 3.05) is 24.7 Å². The normalized spacial score (nSPS) is 13.4. The van der Waals surface area contributed by atoms with Crippen molar-refractivity contribution in [2.24, 2.45) is 0 Å². The summed E-state index contributed by atoms with van der Waals surface area (Å²) in [6, 6.07) is 13.3. The summed E-state index contributed by atoms with van der Waals surface area (Å²) in [5.74, 6) is -0.167. The van der Waals surface area contributed by atoms with Crippen molar-refractivity contribution >= 4 is 17.5 Å². The molecule has 2 aromatic rings. The van der Waals surface area contributed by atoms with Crippen LogP contribution in [-0.4, -0.2) is 47.8 Å². The molecule has 1 heterocycles. The van der Waals surface area contributed by atoms with Gasteiger partial charge < -0.3 is 20.4 Å². The third-order valence-electron chi connectivity index (χ3n) is 5.04. The lowest BCUT2D eigenvalue weighted by Crippen LogP contribution is -2.40. The van der Waals surface area contributed by atoms with Gasteiger partial charge in [0.2, 0.25) is 11.8 Å². The minimum absolute atomic E-state index is 0.0703. The Morgan fingerprint density at radius 2 is 1.75 bits per heavy atom. The van der Waals surface area contributed by atoms with Gasteiger partial charge in [-0.05, 0) is 47.2 Å². The number of hydrogen-bond donors (Lipinski definition) is 3. The SMILES string of the molecule is CC(=O)N1CCCc2cc(-c3ccc(CC(=O)NC(CO)CO)cc3)ccc21. The maximum Gasteiger partial charge on any atom is 0.224 e. The largest absolute Gasteiger partial charge is 0.394 e. The van der Waals surface area contributed by atoms with Crippen molar-refractivity contribution in [1.29, 1.82) is 0 Å². The Bertz CT molecular complexity index is 844. The molecule has 2 aromatic carbocycles. The van der Waals surface area contributed by atoms with E-state index >= 15 is 0 Å². The first kappa shape index (κ1) is 20.0. The van der Waals surface area contributed by atoms with Crippen LogP contribution < -0.4 is 10.2 Å². The van der Waals surface area contributed by atoms with E-state index in [-0.39, 0.29) is 31.4 Å². The van der Waals surface area contributed by atoms with Crippen LogP contribution in [0.3, 0.4) is 0 Å². The molecule has 0 fully saturated rings. The van der Waals surface area contributed by atoms with Crippen LogP contribution in [0.15, 0.2) is 42.5 Å². The van der Waals surface area contributed by atoms with E-state index in [2.05, 4.69) is 11.4 Å². The highest BCUT2D eigenvalue weighted by atomic mass is 16.3. The van der Waals surface area contributed by atoms with Crippen molar-refractivity contribution in [3.05, 3.63) is 53.6 Å². The lowest BCUT2D eigenvalue weighted by Gasteiger charge is -2.29. The van der Waals surface area contributed by atoms with Gasteiger partial charge in [-0.25, -0.2) is 0 Å². The number of hydrogen-bond acceptors (Lipinski definition) is 4. The molecular formula is C22H26N2O4. The van der Waals surface area contributed by atoms with E-state index in [0.29, 0.717) is 0 Å². The first-order chi connectivity index (χ1) is 13.5. The van der Waals surface area contributed by atoms with E-state index in [1.54, 1.807) is 6.92 Å². The zero-order chi connectivity index (χ0) is 20.1. The Balaban J connectivity index is 1.72. The molecule has 1 aliphatic heterocycles. The third kappa shape index (κ3) is 4.58. The molecule has 0 radical (unpaired) electrons. The second-order valence-electron chi connectivity index (χ2n) is 7.12. The van der Waals surface area contributed by atoms with Gasteiger partial charge in [0.25, 0.3) is 0 Å². The molecule has 6 heteroatoms. The zero-order valence-corrected chi connectivity index (χ0v) is 16.0. The predicted octanol–water partition coefficient (Wildman–Crippen LogP) is 1.66. The number of amides is 2. The number of rotatable bonds is 6. The Morgan fingerprint density at radius 1 is 1.07 bits per heavy atom. The molecule has 148 valence electrons. The average molecular weight is 382 g/mol. The molecule has 3 N–H and O–H groups in total. The zero-order valence-electron chi connectivity index (χ0n) is 16.0. The average Bonchev–Trinajstić information content (AvgIpc) is 2.71. The number of aryl methyl sites for hydroxylation is 1. The first-order valence-corrected chi connectivity index (χ1v) is 9.53. The summed E-state index contributed by atoms with van der Waals surface area (Å²) >= 11 is 0. The van der Waals surface area contributed by atoms with Crippen LogP contribution in [0.2, 0.25) is 0 Å². The molecule has 0 aliphatic carbocycles. The molecular weight excluding hydrogens is 356 g/mol. The molecule has 0 spiro atoms.